The molecular weight excluding hydrogens is 452 g/mol. The number of ether oxygens (including phenoxy) is 2. The Balaban J connectivity index is 1.63. The van der Waals surface area contributed by atoms with Crippen molar-refractivity contribution in [3.63, 3.8) is 0 Å². The minimum absolute atomic E-state index is 0.210. The molecule has 0 fully saturated rings. The second-order valence-corrected chi connectivity index (χ2v) is 8.74. The molecule has 0 unspecified atom stereocenters. The van der Waals surface area contributed by atoms with Crippen LogP contribution in [0.1, 0.15) is 40.3 Å². The lowest BCUT2D eigenvalue weighted by atomic mass is 10.0. The first kappa shape index (κ1) is 23.6. The minimum Gasteiger partial charge on any atom is -0.492 e. The van der Waals surface area contributed by atoms with Gasteiger partial charge in [0.1, 0.15) is 10.8 Å². The number of aromatic nitrogens is 1. The maximum atomic E-state index is 13.5. The van der Waals surface area contributed by atoms with Crippen LogP contribution in [0.2, 0.25) is 0 Å². The first-order chi connectivity index (χ1) is 16.6. The highest BCUT2D eigenvalue weighted by Crippen LogP contribution is 2.38. The monoisotopic (exact) mass is 480 g/mol. The van der Waals surface area contributed by atoms with E-state index in [9.17, 15) is 9.59 Å². The van der Waals surface area contributed by atoms with E-state index in [4.69, 9.17) is 9.47 Å². The molecule has 9 heteroatoms. The van der Waals surface area contributed by atoms with Crippen molar-refractivity contribution in [1.82, 2.24) is 9.88 Å². The third-order valence-corrected chi connectivity index (χ3v) is 6.58. The van der Waals surface area contributed by atoms with E-state index in [1.165, 1.54) is 11.3 Å². The van der Waals surface area contributed by atoms with Gasteiger partial charge in [0.2, 0.25) is 0 Å². The van der Waals surface area contributed by atoms with Crippen LogP contribution in [0, 0.1) is 0 Å². The Morgan fingerprint density at radius 2 is 1.94 bits per heavy atom. The zero-order valence-electron chi connectivity index (χ0n) is 19.3. The van der Waals surface area contributed by atoms with Crippen LogP contribution in [-0.4, -0.2) is 41.6 Å². The summed E-state index contributed by atoms with van der Waals surface area (Å²) in [6.45, 7) is 5.93. The average Bonchev–Trinajstić information content (AvgIpc) is 3.22. The number of amides is 2. The molecule has 1 aliphatic heterocycles. The molecule has 0 radical (unpaired) electrons. The zero-order valence-corrected chi connectivity index (χ0v) is 20.1. The van der Waals surface area contributed by atoms with Gasteiger partial charge in [-0.2, -0.15) is 0 Å². The molecule has 4 rings (SSSR count). The van der Waals surface area contributed by atoms with Gasteiger partial charge in [-0.05, 0) is 50.1 Å². The van der Waals surface area contributed by atoms with Crippen LogP contribution in [0.25, 0.3) is 0 Å². The highest BCUT2D eigenvalue weighted by molar-refractivity contribution is 7.16. The summed E-state index contributed by atoms with van der Waals surface area (Å²) in [5.41, 5.74) is 3.05. The second kappa shape index (κ2) is 11.0. The molecule has 3 aromatic rings. The Hall–Kier alpha value is -3.59. The quantitative estimate of drug-likeness (QED) is 0.475. The van der Waals surface area contributed by atoms with Crippen LogP contribution < -0.4 is 15.4 Å². The molecule has 0 bridgehead atoms. The molecule has 0 atom stereocenters. The van der Waals surface area contributed by atoms with Gasteiger partial charge in [-0.3, -0.25) is 9.78 Å². The van der Waals surface area contributed by atoms with Gasteiger partial charge in [0.15, 0.2) is 0 Å². The summed E-state index contributed by atoms with van der Waals surface area (Å²) in [5.74, 6) is 0.414. The lowest BCUT2D eigenvalue weighted by molar-refractivity contribution is 0.102. The van der Waals surface area contributed by atoms with Crippen LogP contribution >= 0.6 is 11.3 Å². The molecule has 3 heterocycles. The van der Waals surface area contributed by atoms with E-state index in [0.29, 0.717) is 56.3 Å². The maximum Gasteiger partial charge on any atom is 0.410 e. The van der Waals surface area contributed by atoms with Crippen molar-refractivity contribution in [2.75, 3.05) is 30.4 Å². The predicted octanol–water partition coefficient (Wildman–Crippen LogP) is 4.92. The standard InChI is InChI=1S/C25H28N4O4S/c1-3-32-20-11-6-5-10-19(20)28-23(30)22-18-12-14-29(25(31)33-4-2)16-21(18)34-24(22)27-15-17-9-7-8-13-26-17/h5-11,13,27H,3-4,12,14-16H2,1-2H3,(H,28,30). The van der Waals surface area contributed by atoms with E-state index in [1.807, 2.05) is 49.4 Å². The lowest BCUT2D eigenvalue weighted by Crippen LogP contribution is -2.36. The third-order valence-electron chi connectivity index (χ3n) is 5.40. The Bertz CT molecular complexity index is 1150. The van der Waals surface area contributed by atoms with Crippen LogP contribution in [0.4, 0.5) is 15.5 Å². The Kier molecular flexibility index (Phi) is 7.64. The molecule has 8 nitrogen and oxygen atoms in total. The molecule has 1 aliphatic rings. The molecule has 1 aromatic carbocycles. The molecule has 34 heavy (non-hydrogen) atoms. The topological polar surface area (TPSA) is 92.8 Å². The zero-order chi connectivity index (χ0) is 23.9. The van der Waals surface area contributed by atoms with Crippen molar-refractivity contribution >= 4 is 34.0 Å². The highest BCUT2D eigenvalue weighted by atomic mass is 32.1. The van der Waals surface area contributed by atoms with E-state index in [0.717, 1.165) is 21.1 Å². The summed E-state index contributed by atoms with van der Waals surface area (Å²) in [4.78, 5) is 32.8. The summed E-state index contributed by atoms with van der Waals surface area (Å²) in [5, 5.41) is 7.17. The number of pyridine rings is 1. The van der Waals surface area contributed by atoms with Crippen molar-refractivity contribution in [2.24, 2.45) is 0 Å². The summed E-state index contributed by atoms with van der Waals surface area (Å²) in [6.07, 6.45) is 1.98. The van der Waals surface area contributed by atoms with E-state index >= 15 is 0 Å². The number of hydrogen-bond donors (Lipinski definition) is 2. The van der Waals surface area contributed by atoms with Gasteiger partial charge >= 0.3 is 6.09 Å². The van der Waals surface area contributed by atoms with Gasteiger partial charge in [0.05, 0.1) is 43.2 Å². The number of para-hydroxylation sites is 2. The number of fused-ring (bicyclic) bond motifs is 1. The molecule has 0 aliphatic carbocycles. The molecule has 0 saturated carbocycles. The van der Waals surface area contributed by atoms with Gasteiger partial charge in [0, 0.05) is 17.6 Å². The molecule has 2 amide bonds. The lowest BCUT2D eigenvalue weighted by Gasteiger charge is -2.26. The fourth-order valence-electron chi connectivity index (χ4n) is 3.85. The van der Waals surface area contributed by atoms with E-state index in [2.05, 4.69) is 15.6 Å². The summed E-state index contributed by atoms with van der Waals surface area (Å²) >= 11 is 1.49. The number of benzene rings is 1. The smallest absolute Gasteiger partial charge is 0.410 e. The first-order valence-electron chi connectivity index (χ1n) is 11.3. The third kappa shape index (κ3) is 5.31. The molecule has 178 valence electrons. The number of thiophene rings is 1. The first-order valence-corrected chi connectivity index (χ1v) is 12.2. The highest BCUT2D eigenvalue weighted by Gasteiger charge is 2.30. The number of carbonyl (C=O) groups excluding carboxylic acids is 2. The van der Waals surface area contributed by atoms with Crippen LogP contribution in [0.5, 0.6) is 5.75 Å². The van der Waals surface area contributed by atoms with Gasteiger partial charge in [-0.15, -0.1) is 11.3 Å². The van der Waals surface area contributed by atoms with Gasteiger partial charge in [-0.1, -0.05) is 18.2 Å². The summed E-state index contributed by atoms with van der Waals surface area (Å²) in [6, 6.07) is 13.1. The van der Waals surface area contributed by atoms with Gasteiger partial charge < -0.3 is 25.0 Å². The maximum absolute atomic E-state index is 13.5. The fraction of sp³-hybridized carbons (Fsp3) is 0.320. The van der Waals surface area contributed by atoms with Crippen molar-refractivity contribution in [2.45, 2.75) is 33.4 Å². The predicted molar refractivity (Wildman–Crippen MR) is 133 cm³/mol. The van der Waals surface area contributed by atoms with E-state index < -0.39 is 0 Å². The molecule has 0 saturated heterocycles. The summed E-state index contributed by atoms with van der Waals surface area (Å²) < 4.78 is 10.8. The minimum atomic E-state index is -0.332. The number of nitrogens with one attached hydrogen (secondary N) is 2. The number of hydrogen-bond acceptors (Lipinski definition) is 7. The number of anilines is 2. The molecule has 2 aromatic heterocycles. The van der Waals surface area contributed by atoms with Gasteiger partial charge in [0.25, 0.3) is 5.91 Å². The van der Waals surface area contributed by atoms with Crippen molar-refractivity contribution in [3.05, 3.63) is 70.4 Å². The van der Waals surface area contributed by atoms with E-state index in [1.54, 1.807) is 18.0 Å². The van der Waals surface area contributed by atoms with Crippen LogP contribution in [-0.2, 0) is 24.2 Å². The molecule has 0 spiro atoms. The van der Waals surface area contributed by atoms with Crippen molar-refractivity contribution in [1.29, 1.82) is 0 Å². The Morgan fingerprint density at radius 1 is 1.12 bits per heavy atom. The molecule has 2 N–H and O–H groups in total. The number of carbonyl (C=O) groups is 2. The normalized spacial score (nSPS) is 12.6. The van der Waals surface area contributed by atoms with Crippen molar-refractivity contribution < 1.29 is 19.1 Å². The van der Waals surface area contributed by atoms with E-state index in [-0.39, 0.29) is 12.0 Å². The van der Waals surface area contributed by atoms with Crippen LogP contribution in [0.3, 0.4) is 0 Å². The fourth-order valence-corrected chi connectivity index (χ4v) is 5.10. The van der Waals surface area contributed by atoms with Crippen molar-refractivity contribution in [3.8, 4) is 5.75 Å². The number of nitrogens with zero attached hydrogens (tertiary/aromatic N) is 2. The second-order valence-electron chi connectivity index (χ2n) is 7.64. The largest absolute Gasteiger partial charge is 0.492 e. The van der Waals surface area contributed by atoms with Crippen LogP contribution in [0.15, 0.2) is 48.7 Å². The Labute approximate surface area is 202 Å². The average molecular weight is 481 g/mol. The summed E-state index contributed by atoms with van der Waals surface area (Å²) in [7, 11) is 0. The Morgan fingerprint density at radius 3 is 2.71 bits per heavy atom. The number of rotatable bonds is 8. The van der Waals surface area contributed by atoms with Gasteiger partial charge in [-0.25, -0.2) is 4.79 Å². The SMILES string of the molecule is CCOC(=O)N1CCc2c(sc(NCc3ccccn3)c2C(=O)Nc2ccccc2OCC)C1. The molecular formula is C25H28N4O4S.